The Hall–Kier alpha value is -2.43. The van der Waals surface area contributed by atoms with Crippen LogP contribution in [0.15, 0.2) is 36.8 Å². The van der Waals surface area contributed by atoms with Crippen molar-refractivity contribution < 1.29 is 9.90 Å². The Bertz CT molecular complexity index is 599. The summed E-state index contributed by atoms with van der Waals surface area (Å²) in [5.41, 5.74) is 2.83. The number of carboxylic acid groups (broad SMARTS) is 1. The van der Waals surface area contributed by atoms with Gasteiger partial charge in [-0.1, -0.05) is 12.1 Å². The molecule has 0 saturated heterocycles. The van der Waals surface area contributed by atoms with Crippen LogP contribution in [0.25, 0.3) is 0 Å². The largest absolute Gasteiger partial charge is 0.478 e. The van der Waals surface area contributed by atoms with Crippen molar-refractivity contribution in [3.63, 3.8) is 0 Å². The van der Waals surface area contributed by atoms with Gasteiger partial charge >= 0.3 is 5.97 Å². The fourth-order valence-electron chi connectivity index (χ4n) is 1.84. The lowest BCUT2D eigenvalue weighted by atomic mass is 10.2. The minimum Gasteiger partial charge on any atom is -0.478 e. The first-order valence-electron chi connectivity index (χ1n) is 5.88. The lowest BCUT2D eigenvalue weighted by molar-refractivity contribution is 0.0694. The second kappa shape index (κ2) is 5.48. The number of aromatic carboxylic acids is 1. The molecule has 0 fully saturated rings. The van der Waals surface area contributed by atoms with Crippen molar-refractivity contribution in [2.24, 2.45) is 0 Å². The van der Waals surface area contributed by atoms with Crippen LogP contribution in [0.5, 0.6) is 0 Å². The van der Waals surface area contributed by atoms with Crippen molar-refractivity contribution in [3.8, 4) is 0 Å². The van der Waals surface area contributed by atoms with Crippen molar-refractivity contribution in [1.82, 2.24) is 9.97 Å². The van der Waals surface area contributed by atoms with E-state index in [0.717, 1.165) is 11.3 Å². The first-order chi connectivity index (χ1) is 9.08. The average Bonchev–Trinajstić information content (AvgIpc) is 2.39. The first kappa shape index (κ1) is 13.0. The molecular formula is C14H15N3O2. The van der Waals surface area contributed by atoms with Gasteiger partial charge in [-0.05, 0) is 24.6 Å². The third kappa shape index (κ3) is 3.07. The highest BCUT2D eigenvalue weighted by Crippen LogP contribution is 2.17. The van der Waals surface area contributed by atoms with Crippen molar-refractivity contribution in [3.05, 3.63) is 53.6 Å². The molecule has 0 bridgehead atoms. The minimum atomic E-state index is -1.01. The maximum atomic E-state index is 11.1. The second-order valence-corrected chi connectivity index (χ2v) is 4.38. The molecule has 1 aromatic heterocycles. The number of aryl methyl sites for hydroxylation is 1. The van der Waals surface area contributed by atoms with Gasteiger partial charge in [0.1, 0.15) is 11.9 Å². The van der Waals surface area contributed by atoms with E-state index in [1.165, 1.54) is 12.5 Å². The highest BCUT2D eigenvalue weighted by molar-refractivity contribution is 5.88. The van der Waals surface area contributed by atoms with Gasteiger partial charge in [-0.2, -0.15) is 0 Å². The summed E-state index contributed by atoms with van der Waals surface area (Å²) in [6.07, 6.45) is 2.70. The number of nitrogens with zero attached hydrogens (tertiary/aromatic N) is 3. The summed E-state index contributed by atoms with van der Waals surface area (Å²) >= 11 is 0. The Morgan fingerprint density at radius 2 is 2.21 bits per heavy atom. The summed E-state index contributed by atoms with van der Waals surface area (Å²) in [6, 6.07) is 8.01. The van der Waals surface area contributed by atoms with Crippen LogP contribution in [-0.4, -0.2) is 28.1 Å². The molecule has 2 rings (SSSR count). The molecule has 0 spiro atoms. The van der Waals surface area contributed by atoms with Gasteiger partial charge in [-0.25, -0.2) is 14.8 Å². The summed E-state index contributed by atoms with van der Waals surface area (Å²) in [7, 11) is 1.91. The predicted octanol–water partition coefficient (Wildman–Crippen LogP) is 2.12. The molecule has 0 aliphatic carbocycles. The smallest absolute Gasteiger partial charge is 0.339 e. The standard InChI is InChI=1S/C14H15N3O2/c1-10-4-3-5-11(6-10)17(2)8-13-12(14(18)19)7-15-9-16-13/h3-7,9H,8H2,1-2H3,(H,18,19). The Morgan fingerprint density at radius 1 is 1.42 bits per heavy atom. The van der Waals surface area contributed by atoms with Gasteiger partial charge in [0.15, 0.2) is 0 Å². The lowest BCUT2D eigenvalue weighted by Gasteiger charge is -2.19. The lowest BCUT2D eigenvalue weighted by Crippen LogP contribution is -2.20. The number of anilines is 1. The van der Waals surface area contributed by atoms with E-state index < -0.39 is 5.97 Å². The molecule has 0 aliphatic rings. The highest BCUT2D eigenvalue weighted by Gasteiger charge is 2.13. The van der Waals surface area contributed by atoms with Crippen molar-refractivity contribution in [1.29, 1.82) is 0 Å². The van der Waals surface area contributed by atoms with Crippen LogP contribution in [-0.2, 0) is 6.54 Å². The number of carboxylic acids is 1. The minimum absolute atomic E-state index is 0.141. The van der Waals surface area contributed by atoms with E-state index in [0.29, 0.717) is 12.2 Å². The zero-order chi connectivity index (χ0) is 13.8. The third-order valence-electron chi connectivity index (χ3n) is 2.85. The molecule has 5 heteroatoms. The van der Waals surface area contributed by atoms with Gasteiger partial charge < -0.3 is 10.0 Å². The Morgan fingerprint density at radius 3 is 2.89 bits per heavy atom. The monoisotopic (exact) mass is 257 g/mol. The second-order valence-electron chi connectivity index (χ2n) is 4.38. The molecule has 5 nitrogen and oxygen atoms in total. The Labute approximate surface area is 111 Å². The molecule has 19 heavy (non-hydrogen) atoms. The molecule has 1 heterocycles. The van der Waals surface area contributed by atoms with Crippen LogP contribution in [0.1, 0.15) is 21.6 Å². The fourth-order valence-corrected chi connectivity index (χ4v) is 1.84. The SMILES string of the molecule is Cc1cccc(N(C)Cc2ncncc2C(=O)O)c1. The van der Waals surface area contributed by atoms with Gasteiger partial charge in [0.2, 0.25) is 0 Å². The van der Waals surface area contributed by atoms with Crippen LogP contribution in [0.4, 0.5) is 5.69 Å². The van der Waals surface area contributed by atoms with Crippen LogP contribution < -0.4 is 4.90 Å². The molecule has 0 aliphatic heterocycles. The van der Waals surface area contributed by atoms with Crippen molar-refractivity contribution >= 4 is 11.7 Å². The molecule has 98 valence electrons. The zero-order valence-electron chi connectivity index (χ0n) is 10.9. The number of aromatic nitrogens is 2. The molecular weight excluding hydrogens is 242 g/mol. The molecule has 0 radical (unpaired) electrons. The summed E-state index contributed by atoms with van der Waals surface area (Å²) < 4.78 is 0. The van der Waals surface area contributed by atoms with Crippen LogP contribution >= 0.6 is 0 Å². The number of hydrogen-bond donors (Lipinski definition) is 1. The Balaban J connectivity index is 2.24. The van der Waals surface area contributed by atoms with Crippen molar-refractivity contribution in [2.45, 2.75) is 13.5 Å². The van der Waals surface area contributed by atoms with Crippen LogP contribution in [0.3, 0.4) is 0 Å². The van der Waals surface area contributed by atoms with Gasteiger partial charge in [0, 0.05) is 18.9 Å². The van der Waals surface area contributed by atoms with Gasteiger partial charge in [0.25, 0.3) is 0 Å². The topological polar surface area (TPSA) is 66.3 Å². The molecule has 1 aromatic carbocycles. The number of benzene rings is 1. The van der Waals surface area contributed by atoms with Crippen LogP contribution in [0, 0.1) is 6.92 Å². The quantitative estimate of drug-likeness (QED) is 0.908. The average molecular weight is 257 g/mol. The Kier molecular flexibility index (Phi) is 3.75. The summed E-state index contributed by atoms with van der Waals surface area (Å²) in [6.45, 7) is 2.44. The third-order valence-corrected chi connectivity index (χ3v) is 2.85. The fraction of sp³-hybridized carbons (Fsp3) is 0.214. The molecule has 0 atom stereocenters. The normalized spacial score (nSPS) is 10.2. The maximum absolute atomic E-state index is 11.1. The number of carbonyl (C=O) groups is 1. The first-order valence-corrected chi connectivity index (χ1v) is 5.88. The molecule has 1 N–H and O–H groups in total. The summed E-state index contributed by atoms with van der Waals surface area (Å²) in [4.78, 5) is 20.9. The van der Waals surface area contributed by atoms with E-state index in [2.05, 4.69) is 9.97 Å². The van der Waals surface area contributed by atoms with E-state index in [1.54, 1.807) is 0 Å². The maximum Gasteiger partial charge on any atom is 0.339 e. The van der Waals surface area contributed by atoms with E-state index in [1.807, 2.05) is 43.1 Å². The predicted molar refractivity (Wildman–Crippen MR) is 72.3 cm³/mol. The van der Waals surface area contributed by atoms with Crippen molar-refractivity contribution in [2.75, 3.05) is 11.9 Å². The van der Waals surface area contributed by atoms with E-state index >= 15 is 0 Å². The van der Waals surface area contributed by atoms with E-state index in [9.17, 15) is 4.79 Å². The number of rotatable bonds is 4. The zero-order valence-corrected chi connectivity index (χ0v) is 10.9. The van der Waals surface area contributed by atoms with Gasteiger partial charge in [0.05, 0.1) is 12.2 Å². The molecule has 2 aromatic rings. The number of hydrogen-bond acceptors (Lipinski definition) is 4. The van der Waals surface area contributed by atoms with Gasteiger partial charge in [-0.15, -0.1) is 0 Å². The van der Waals surface area contributed by atoms with Gasteiger partial charge in [-0.3, -0.25) is 0 Å². The van der Waals surface area contributed by atoms with E-state index in [-0.39, 0.29) is 5.56 Å². The van der Waals surface area contributed by atoms with E-state index in [4.69, 9.17) is 5.11 Å². The molecule has 0 unspecified atom stereocenters. The molecule has 0 amide bonds. The summed E-state index contributed by atoms with van der Waals surface area (Å²) in [5.74, 6) is -1.01. The molecule has 0 saturated carbocycles. The summed E-state index contributed by atoms with van der Waals surface area (Å²) in [5, 5.41) is 9.09. The van der Waals surface area contributed by atoms with Crippen LogP contribution in [0.2, 0.25) is 0 Å². The highest BCUT2D eigenvalue weighted by atomic mass is 16.4.